The summed E-state index contributed by atoms with van der Waals surface area (Å²) in [7, 11) is -2.08. The van der Waals surface area contributed by atoms with Crippen molar-refractivity contribution in [2.24, 2.45) is 5.92 Å². The van der Waals surface area contributed by atoms with Crippen LogP contribution in [0.1, 0.15) is 13.3 Å². The van der Waals surface area contributed by atoms with E-state index >= 15 is 0 Å². The SMILES string of the molecule is CCN(CC1CCOC1)S(=O)(=O)c1ccc(OC)cc1N. The molecule has 1 fully saturated rings. The van der Waals surface area contributed by atoms with Crippen LogP contribution >= 0.6 is 0 Å². The Morgan fingerprint density at radius 1 is 1.48 bits per heavy atom. The summed E-state index contributed by atoms with van der Waals surface area (Å²) in [4.78, 5) is 0.129. The molecule has 0 bridgehead atoms. The molecule has 0 saturated carbocycles. The second kappa shape index (κ2) is 6.64. The minimum absolute atomic E-state index is 0.129. The second-order valence-corrected chi connectivity index (χ2v) is 7.00. The van der Waals surface area contributed by atoms with E-state index in [2.05, 4.69) is 0 Å². The van der Waals surface area contributed by atoms with Gasteiger partial charge >= 0.3 is 0 Å². The van der Waals surface area contributed by atoms with E-state index in [-0.39, 0.29) is 16.5 Å². The Morgan fingerprint density at radius 2 is 2.24 bits per heavy atom. The van der Waals surface area contributed by atoms with Gasteiger partial charge in [-0.15, -0.1) is 0 Å². The average molecular weight is 314 g/mol. The van der Waals surface area contributed by atoms with Crippen LogP contribution in [0.4, 0.5) is 5.69 Å². The molecule has 1 aromatic carbocycles. The first kappa shape index (κ1) is 16.1. The molecule has 1 atom stereocenters. The predicted molar refractivity (Wildman–Crippen MR) is 80.8 cm³/mol. The lowest BCUT2D eigenvalue weighted by atomic mass is 10.1. The number of hydrogen-bond acceptors (Lipinski definition) is 5. The molecule has 0 aromatic heterocycles. The van der Waals surface area contributed by atoms with Crippen LogP contribution in [0.15, 0.2) is 23.1 Å². The molecule has 1 aromatic rings. The summed E-state index contributed by atoms with van der Waals surface area (Å²) in [5.74, 6) is 0.790. The highest BCUT2D eigenvalue weighted by Gasteiger charge is 2.29. The summed E-state index contributed by atoms with van der Waals surface area (Å²) in [6.07, 6.45) is 0.893. The van der Waals surface area contributed by atoms with Gasteiger partial charge < -0.3 is 15.2 Å². The highest BCUT2D eigenvalue weighted by atomic mass is 32.2. The number of methoxy groups -OCH3 is 1. The molecule has 0 aliphatic carbocycles. The minimum atomic E-state index is -3.60. The topological polar surface area (TPSA) is 81.9 Å². The summed E-state index contributed by atoms with van der Waals surface area (Å²) in [6, 6.07) is 4.63. The zero-order valence-electron chi connectivity index (χ0n) is 12.4. The van der Waals surface area contributed by atoms with Crippen molar-refractivity contribution in [2.45, 2.75) is 18.2 Å². The minimum Gasteiger partial charge on any atom is -0.497 e. The molecule has 1 unspecified atom stereocenters. The monoisotopic (exact) mass is 314 g/mol. The number of rotatable bonds is 6. The number of nitrogens with two attached hydrogens (primary N) is 1. The van der Waals surface area contributed by atoms with E-state index in [9.17, 15) is 8.42 Å². The van der Waals surface area contributed by atoms with E-state index in [1.54, 1.807) is 6.07 Å². The molecule has 0 amide bonds. The molecule has 1 saturated heterocycles. The molecule has 7 heteroatoms. The average Bonchev–Trinajstić information content (AvgIpc) is 2.97. The van der Waals surface area contributed by atoms with Gasteiger partial charge in [-0.2, -0.15) is 4.31 Å². The van der Waals surface area contributed by atoms with E-state index < -0.39 is 10.0 Å². The van der Waals surface area contributed by atoms with Crippen LogP contribution in [0.2, 0.25) is 0 Å². The van der Waals surface area contributed by atoms with Gasteiger partial charge in [-0.3, -0.25) is 0 Å². The zero-order chi connectivity index (χ0) is 15.5. The Bertz CT molecular complexity index is 583. The summed E-state index contributed by atoms with van der Waals surface area (Å²) < 4.78 is 37.3. The van der Waals surface area contributed by atoms with Crippen molar-refractivity contribution in [1.29, 1.82) is 0 Å². The maximum atomic E-state index is 12.7. The Kier molecular flexibility index (Phi) is 5.08. The molecule has 118 valence electrons. The van der Waals surface area contributed by atoms with E-state index in [0.717, 1.165) is 6.42 Å². The summed E-state index contributed by atoms with van der Waals surface area (Å²) in [5.41, 5.74) is 6.08. The number of ether oxygens (including phenoxy) is 2. The van der Waals surface area contributed by atoms with Gasteiger partial charge in [-0.05, 0) is 24.5 Å². The van der Waals surface area contributed by atoms with Crippen molar-refractivity contribution in [1.82, 2.24) is 4.31 Å². The third-order valence-electron chi connectivity index (χ3n) is 3.67. The van der Waals surface area contributed by atoms with Crippen LogP contribution in [-0.4, -0.2) is 46.1 Å². The van der Waals surface area contributed by atoms with Gasteiger partial charge in [0.2, 0.25) is 10.0 Å². The van der Waals surface area contributed by atoms with Crippen LogP contribution in [-0.2, 0) is 14.8 Å². The molecule has 21 heavy (non-hydrogen) atoms. The highest BCUT2D eigenvalue weighted by molar-refractivity contribution is 7.89. The lowest BCUT2D eigenvalue weighted by molar-refractivity contribution is 0.181. The number of hydrogen-bond donors (Lipinski definition) is 1. The van der Waals surface area contributed by atoms with E-state index in [0.29, 0.717) is 32.1 Å². The first-order valence-corrected chi connectivity index (χ1v) is 8.44. The molecule has 1 aliphatic heterocycles. The van der Waals surface area contributed by atoms with Crippen LogP contribution in [0, 0.1) is 5.92 Å². The fourth-order valence-corrected chi connectivity index (χ4v) is 4.06. The quantitative estimate of drug-likeness (QED) is 0.801. The third kappa shape index (κ3) is 3.48. The van der Waals surface area contributed by atoms with Gasteiger partial charge in [0.25, 0.3) is 0 Å². The molecule has 0 spiro atoms. The Labute approximate surface area is 125 Å². The first-order valence-electron chi connectivity index (χ1n) is 7.00. The van der Waals surface area contributed by atoms with Crippen molar-refractivity contribution < 1.29 is 17.9 Å². The fourth-order valence-electron chi connectivity index (χ4n) is 2.44. The van der Waals surface area contributed by atoms with Gasteiger partial charge in [-0.25, -0.2) is 8.42 Å². The van der Waals surface area contributed by atoms with Crippen molar-refractivity contribution in [3.05, 3.63) is 18.2 Å². The molecule has 6 nitrogen and oxygen atoms in total. The van der Waals surface area contributed by atoms with Crippen molar-refractivity contribution >= 4 is 15.7 Å². The van der Waals surface area contributed by atoms with Crippen molar-refractivity contribution in [3.63, 3.8) is 0 Å². The number of nitrogen functional groups attached to an aromatic ring is 1. The van der Waals surface area contributed by atoms with E-state index in [4.69, 9.17) is 15.2 Å². The second-order valence-electron chi connectivity index (χ2n) is 5.09. The van der Waals surface area contributed by atoms with Crippen LogP contribution in [0.25, 0.3) is 0 Å². The number of sulfonamides is 1. The van der Waals surface area contributed by atoms with Crippen molar-refractivity contribution in [2.75, 3.05) is 39.1 Å². The highest BCUT2D eigenvalue weighted by Crippen LogP contribution is 2.27. The smallest absolute Gasteiger partial charge is 0.245 e. The standard InChI is InChI=1S/C14H22N2O4S/c1-3-16(9-11-6-7-20-10-11)21(17,18)14-5-4-12(19-2)8-13(14)15/h4-5,8,11H,3,6-7,9-10,15H2,1-2H3. The Hall–Kier alpha value is -1.31. The van der Waals surface area contributed by atoms with Gasteiger partial charge in [0.15, 0.2) is 0 Å². The van der Waals surface area contributed by atoms with Crippen LogP contribution in [0.5, 0.6) is 5.75 Å². The van der Waals surface area contributed by atoms with Crippen LogP contribution < -0.4 is 10.5 Å². The Morgan fingerprint density at radius 3 is 2.76 bits per heavy atom. The van der Waals surface area contributed by atoms with Gasteiger partial charge in [0.1, 0.15) is 10.6 Å². The molecule has 0 radical (unpaired) electrons. The summed E-state index contributed by atoms with van der Waals surface area (Å²) >= 11 is 0. The molecule has 1 heterocycles. The lowest BCUT2D eigenvalue weighted by Gasteiger charge is -2.24. The fraction of sp³-hybridized carbons (Fsp3) is 0.571. The number of nitrogens with zero attached hydrogens (tertiary/aromatic N) is 1. The van der Waals surface area contributed by atoms with Crippen LogP contribution in [0.3, 0.4) is 0 Å². The Balaban J connectivity index is 2.25. The third-order valence-corrected chi connectivity index (χ3v) is 5.69. The molecule has 2 rings (SSSR count). The number of benzene rings is 1. The van der Waals surface area contributed by atoms with Gasteiger partial charge in [0.05, 0.1) is 19.4 Å². The largest absolute Gasteiger partial charge is 0.497 e. The van der Waals surface area contributed by atoms with E-state index in [1.165, 1.54) is 23.5 Å². The first-order chi connectivity index (χ1) is 9.98. The normalized spacial score (nSPS) is 19.1. The maximum absolute atomic E-state index is 12.7. The maximum Gasteiger partial charge on any atom is 0.245 e. The zero-order valence-corrected chi connectivity index (χ0v) is 13.2. The molecule has 2 N–H and O–H groups in total. The predicted octanol–water partition coefficient (Wildman–Crippen LogP) is 1.32. The van der Waals surface area contributed by atoms with Gasteiger partial charge in [-0.1, -0.05) is 6.92 Å². The van der Waals surface area contributed by atoms with E-state index in [1.807, 2.05) is 6.92 Å². The molecular formula is C14H22N2O4S. The molecule has 1 aliphatic rings. The van der Waals surface area contributed by atoms with Gasteiger partial charge in [0, 0.05) is 25.8 Å². The van der Waals surface area contributed by atoms with Crippen molar-refractivity contribution in [3.8, 4) is 5.75 Å². The summed E-state index contributed by atoms with van der Waals surface area (Å²) in [5, 5.41) is 0. The molecular weight excluding hydrogens is 292 g/mol. The summed E-state index contributed by atoms with van der Waals surface area (Å²) in [6.45, 7) is 4.01. The lowest BCUT2D eigenvalue weighted by Crippen LogP contribution is -2.35. The number of anilines is 1.